The highest BCUT2D eigenvalue weighted by Crippen LogP contribution is 2.33. The van der Waals surface area contributed by atoms with Gasteiger partial charge in [-0.3, -0.25) is 14.3 Å². The number of pyridine rings is 2. The predicted octanol–water partition coefficient (Wildman–Crippen LogP) is 4.02. The second kappa shape index (κ2) is 9.12. The van der Waals surface area contributed by atoms with E-state index in [2.05, 4.69) is 47.0 Å². The van der Waals surface area contributed by atoms with Crippen molar-refractivity contribution >= 4 is 35.8 Å². The van der Waals surface area contributed by atoms with Crippen LogP contribution in [0.1, 0.15) is 24.7 Å². The number of aromatic nitrogens is 6. The van der Waals surface area contributed by atoms with Gasteiger partial charge in [0.2, 0.25) is 0 Å². The zero-order valence-electron chi connectivity index (χ0n) is 17.0. The van der Waals surface area contributed by atoms with E-state index in [1.165, 1.54) is 5.69 Å². The smallest absolute Gasteiger partial charge is 0.182 e. The summed E-state index contributed by atoms with van der Waals surface area (Å²) in [5.74, 6) is 0. The summed E-state index contributed by atoms with van der Waals surface area (Å²) >= 11 is 0. The Balaban J connectivity index is 0.00000128. The molecule has 1 aliphatic heterocycles. The first-order valence-electron chi connectivity index (χ1n) is 9.81. The van der Waals surface area contributed by atoms with Crippen LogP contribution < -0.4 is 5.32 Å². The lowest BCUT2D eigenvalue weighted by molar-refractivity contribution is 0.588. The van der Waals surface area contributed by atoms with Crippen molar-refractivity contribution in [3.05, 3.63) is 48.0 Å². The molecule has 0 aromatic carbocycles. The Morgan fingerprint density at radius 1 is 1.13 bits per heavy atom. The first-order valence-corrected chi connectivity index (χ1v) is 9.81. The zero-order valence-corrected chi connectivity index (χ0v) is 18.6. The van der Waals surface area contributed by atoms with Crippen LogP contribution in [0, 0.1) is 6.92 Å². The second-order valence-corrected chi connectivity index (χ2v) is 7.17. The van der Waals surface area contributed by atoms with Gasteiger partial charge in [0.1, 0.15) is 5.69 Å². The molecule has 0 unspecified atom stereocenters. The maximum absolute atomic E-state index is 4.88. The first-order chi connectivity index (χ1) is 13.7. The summed E-state index contributed by atoms with van der Waals surface area (Å²) in [4.78, 5) is 9.19. The number of nitrogens with zero attached hydrogens (tertiary/aromatic N) is 6. The Morgan fingerprint density at radius 2 is 2.00 bits per heavy atom. The largest absolute Gasteiger partial charge is 0.311 e. The minimum Gasteiger partial charge on any atom is -0.311 e. The average molecular weight is 446 g/mol. The average Bonchev–Trinajstić information content (AvgIpc) is 3.21. The molecule has 4 aromatic heterocycles. The molecule has 0 saturated carbocycles. The van der Waals surface area contributed by atoms with Gasteiger partial charge in [-0.05, 0) is 50.6 Å². The van der Waals surface area contributed by atoms with E-state index < -0.39 is 0 Å². The molecule has 5 heterocycles. The van der Waals surface area contributed by atoms with Gasteiger partial charge in [0.05, 0.1) is 11.4 Å². The van der Waals surface area contributed by atoms with E-state index in [4.69, 9.17) is 15.2 Å². The fourth-order valence-corrected chi connectivity index (χ4v) is 3.95. The Bertz CT molecular complexity index is 1130. The van der Waals surface area contributed by atoms with Crippen molar-refractivity contribution in [2.75, 3.05) is 6.54 Å². The SMILES string of the molecule is CCn1nc2nc(-c3cc4n(n3)CCCNC4)cc(-c3cccnc3)c2c1C.Cl.Cl. The van der Waals surface area contributed by atoms with Gasteiger partial charge in [0.15, 0.2) is 5.65 Å². The number of rotatable bonds is 3. The number of fused-ring (bicyclic) bond motifs is 2. The number of hydrogen-bond donors (Lipinski definition) is 1. The molecule has 0 bridgehead atoms. The van der Waals surface area contributed by atoms with Crippen LogP contribution in [0.4, 0.5) is 0 Å². The molecule has 0 fully saturated rings. The van der Waals surface area contributed by atoms with Crippen LogP contribution in [0.5, 0.6) is 0 Å². The van der Waals surface area contributed by atoms with Gasteiger partial charge in [-0.1, -0.05) is 6.07 Å². The van der Waals surface area contributed by atoms with Crippen LogP contribution >= 0.6 is 24.8 Å². The van der Waals surface area contributed by atoms with Crippen LogP contribution in [0.15, 0.2) is 36.7 Å². The van der Waals surface area contributed by atoms with Crippen LogP contribution in [-0.2, 0) is 19.6 Å². The molecule has 9 heteroatoms. The molecule has 7 nitrogen and oxygen atoms in total. The third-order valence-corrected chi connectivity index (χ3v) is 5.39. The molecule has 4 aromatic rings. The number of aryl methyl sites for hydroxylation is 3. The maximum atomic E-state index is 4.88. The van der Waals surface area contributed by atoms with Crippen LogP contribution in [0.2, 0.25) is 0 Å². The standard InChI is InChI=1S/C21H23N7.2ClH/c1-3-27-14(2)20-17(15-6-4-7-22-12-15)11-18(24-21(20)26-27)19-10-16-13-23-8-5-9-28(16)25-19;;/h4,6-7,10-12,23H,3,5,8-9,13H2,1-2H3;2*1H. The summed E-state index contributed by atoms with van der Waals surface area (Å²) in [6.45, 7) is 7.82. The molecule has 1 aliphatic rings. The van der Waals surface area contributed by atoms with Crippen molar-refractivity contribution in [1.82, 2.24) is 34.8 Å². The molecule has 5 rings (SSSR count). The van der Waals surface area contributed by atoms with Gasteiger partial charge in [0.25, 0.3) is 0 Å². The van der Waals surface area contributed by atoms with Crippen LogP contribution in [0.3, 0.4) is 0 Å². The van der Waals surface area contributed by atoms with Gasteiger partial charge in [0, 0.05) is 48.7 Å². The lowest BCUT2D eigenvalue weighted by Gasteiger charge is -2.06. The molecule has 0 amide bonds. The van der Waals surface area contributed by atoms with Gasteiger partial charge in [-0.15, -0.1) is 24.8 Å². The van der Waals surface area contributed by atoms with Gasteiger partial charge in [-0.2, -0.15) is 10.2 Å². The van der Waals surface area contributed by atoms with E-state index in [0.717, 1.165) is 71.8 Å². The Morgan fingerprint density at radius 3 is 2.77 bits per heavy atom. The zero-order chi connectivity index (χ0) is 19.1. The minimum absolute atomic E-state index is 0. The summed E-state index contributed by atoms with van der Waals surface area (Å²) in [5.41, 5.74) is 7.01. The molecule has 0 aliphatic carbocycles. The molecule has 158 valence electrons. The third kappa shape index (κ3) is 3.80. The van der Waals surface area contributed by atoms with Crippen molar-refractivity contribution in [2.45, 2.75) is 39.9 Å². The number of nitrogens with one attached hydrogen (secondary N) is 1. The lowest BCUT2D eigenvalue weighted by Crippen LogP contribution is -2.11. The number of halogens is 2. The van der Waals surface area contributed by atoms with Crippen LogP contribution in [-0.4, -0.2) is 36.1 Å². The molecule has 0 saturated heterocycles. The summed E-state index contributed by atoms with van der Waals surface area (Å²) in [6, 6.07) is 8.32. The first kappa shape index (κ1) is 22.2. The molecule has 0 atom stereocenters. The van der Waals surface area contributed by atoms with Gasteiger partial charge >= 0.3 is 0 Å². The van der Waals surface area contributed by atoms with E-state index in [1.807, 2.05) is 16.9 Å². The summed E-state index contributed by atoms with van der Waals surface area (Å²) in [6.07, 6.45) is 4.78. The Hall–Kier alpha value is -2.48. The van der Waals surface area contributed by atoms with E-state index >= 15 is 0 Å². The fraction of sp³-hybridized carbons (Fsp3) is 0.333. The molecule has 1 N–H and O–H groups in total. The number of hydrogen-bond acceptors (Lipinski definition) is 5. The summed E-state index contributed by atoms with van der Waals surface area (Å²) in [5, 5.41) is 14.1. The van der Waals surface area contributed by atoms with Crippen molar-refractivity contribution < 1.29 is 0 Å². The highest BCUT2D eigenvalue weighted by atomic mass is 35.5. The lowest BCUT2D eigenvalue weighted by atomic mass is 10.0. The van der Waals surface area contributed by atoms with Crippen molar-refractivity contribution in [3.63, 3.8) is 0 Å². The summed E-state index contributed by atoms with van der Waals surface area (Å²) < 4.78 is 4.11. The summed E-state index contributed by atoms with van der Waals surface area (Å²) in [7, 11) is 0. The molecule has 30 heavy (non-hydrogen) atoms. The van der Waals surface area contributed by atoms with E-state index in [-0.39, 0.29) is 24.8 Å². The van der Waals surface area contributed by atoms with Crippen LogP contribution in [0.25, 0.3) is 33.5 Å². The van der Waals surface area contributed by atoms with E-state index in [1.54, 1.807) is 6.20 Å². The van der Waals surface area contributed by atoms with E-state index in [9.17, 15) is 0 Å². The highest BCUT2D eigenvalue weighted by Gasteiger charge is 2.19. The minimum atomic E-state index is 0. The topological polar surface area (TPSA) is 73.5 Å². The Kier molecular flexibility index (Phi) is 6.75. The highest BCUT2D eigenvalue weighted by molar-refractivity contribution is 5.96. The second-order valence-electron chi connectivity index (χ2n) is 7.17. The van der Waals surface area contributed by atoms with Crippen molar-refractivity contribution in [2.24, 2.45) is 0 Å². The quantitative estimate of drug-likeness (QED) is 0.515. The third-order valence-electron chi connectivity index (χ3n) is 5.39. The fourth-order valence-electron chi connectivity index (χ4n) is 3.95. The molecule has 0 spiro atoms. The van der Waals surface area contributed by atoms with Crippen molar-refractivity contribution in [3.8, 4) is 22.5 Å². The molecular weight excluding hydrogens is 421 g/mol. The van der Waals surface area contributed by atoms with E-state index in [0.29, 0.717) is 0 Å². The molecule has 0 radical (unpaired) electrons. The van der Waals surface area contributed by atoms with Gasteiger partial charge < -0.3 is 5.32 Å². The maximum Gasteiger partial charge on any atom is 0.182 e. The monoisotopic (exact) mass is 445 g/mol. The normalized spacial score (nSPS) is 13.3. The van der Waals surface area contributed by atoms with Crippen molar-refractivity contribution in [1.29, 1.82) is 0 Å². The Labute approximate surface area is 187 Å². The van der Waals surface area contributed by atoms with Gasteiger partial charge in [-0.25, -0.2) is 4.98 Å². The predicted molar refractivity (Wildman–Crippen MR) is 123 cm³/mol. The molecular formula is C21H25Cl2N7.